The van der Waals surface area contributed by atoms with E-state index in [1.54, 1.807) is 18.2 Å². The van der Waals surface area contributed by atoms with Crippen LogP contribution in [0.4, 0.5) is 5.69 Å². The van der Waals surface area contributed by atoms with Crippen LogP contribution in [-0.4, -0.2) is 53.5 Å². The minimum Gasteiger partial charge on any atom is -0.633 e. The predicted molar refractivity (Wildman–Crippen MR) is 86.3 cm³/mol. The molecule has 124 valence electrons. The van der Waals surface area contributed by atoms with Crippen molar-refractivity contribution in [1.29, 1.82) is 0 Å². The van der Waals surface area contributed by atoms with Crippen molar-refractivity contribution in [3.8, 4) is 0 Å². The first-order chi connectivity index (χ1) is 11.2. The number of rotatable bonds is 4. The number of benzene rings is 2. The summed E-state index contributed by atoms with van der Waals surface area (Å²) in [5.41, 5.74) is 0.219. The summed E-state index contributed by atoms with van der Waals surface area (Å²) in [6.45, 7) is -0.00952. The van der Waals surface area contributed by atoms with Crippen LogP contribution in [0.1, 0.15) is 20.7 Å². The molecule has 8 nitrogen and oxygen atoms in total. The lowest BCUT2D eigenvalue weighted by Gasteiger charge is -2.36. The van der Waals surface area contributed by atoms with Gasteiger partial charge in [-0.25, -0.2) is 0 Å². The normalized spacial score (nSPS) is 14.4. The molecule has 0 spiro atoms. The largest absolute Gasteiger partial charge is 0.633 e. The van der Waals surface area contributed by atoms with Crippen LogP contribution in [0.3, 0.4) is 0 Å². The number of quaternary nitrogens is 1. The molecule has 0 unspecified atom stereocenters. The zero-order chi connectivity index (χ0) is 17.6. The van der Waals surface area contributed by atoms with Gasteiger partial charge in [0.15, 0.2) is 0 Å². The summed E-state index contributed by atoms with van der Waals surface area (Å²) in [6, 6.07) is 7.35. The lowest BCUT2D eigenvalue weighted by molar-refractivity contribution is -0.839. The molecule has 0 saturated heterocycles. The Kier molecular flexibility index (Phi) is 3.58. The molecule has 8 heteroatoms. The zero-order valence-corrected chi connectivity index (χ0v) is 13.2. The highest BCUT2D eigenvalue weighted by Gasteiger charge is 2.34. The molecule has 0 bridgehead atoms. The van der Waals surface area contributed by atoms with Crippen molar-refractivity contribution in [3.05, 3.63) is 56.8 Å². The number of nitrogens with zero attached hydrogens (tertiary/aromatic N) is 3. The first kappa shape index (κ1) is 16.0. The zero-order valence-electron chi connectivity index (χ0n) is 13.2. The molecule has 1 aliphatic rings. The Morgan fingerprint density at radius 3 is 2.42 bits per heavy atom. The van der Waals surface area contributed by atoms with E-state index in [0.29, 0.717) is 16.3 Å². The van der Waals surface area contributed by atoms with Crippen molar-refractivity contribution in [2.24, 2.45) is 0 Å². The van der Waals surface area contributed by atoms with Gasteiger partial charge < -0.3 is 9.85 Å². The van der Waals surface area contributed by atoms with Gasteiger partial charge >= 0.3 is 0 Å². The first-order valence-corrected chi connectivity index (χ1v) is 7.30. The van der Waals surface area contributed by atoms with E-state index in [4.69, 9.17) is 0 Å². The number of carbonyl (C=O) groups is 2. The molecule has 0 aromatic heterocycles. The molecule has 1 aliphatic heterocycles. The van der Waals surface area contributed by atoms with E-state index in [1.807, 2.05) is 0 Å². The molecule has 0 N–H and O–H groups in total. The molecule has 0 atom stereocenters. The molecule has 2 aromatic carbocycles. The maximum absolute atomic E-state index is 12.7. The van der Waals surface area contributed by atoms with Gasteiger partial charge in [-0.15, -0.1) is 0 Å². The fourth-order valence-corrected chi connectivity index (χ4v) is 2.79. The van der Waals surface area contributed by atoms with Crippen LogP contribution in [0.15, 0.2) is 30.3 Å². The average molecular weight is 329 g/mol. The number of non-ortho nitro benzene ring substituents is 1. The fraction of sp³-hybridized carbons (Fsp3) is 0.250. The quantitative estimate of drug-likeness (QED) is 0.369. The summed E-state index contributed by atoms with van der Waals surface area (Å²) in [5.74, 6) is -1.10. The summed E-state index contributed by atoms with van der Waals surface area (Å²) >= 11 is 0. The van der Waals surface area contributed by atoms with Gasteiger partial charge in [0.1, 0.15) is 0 Å². The second-order valence-electron chi connectivity index (χ2n) is 6.21. The van der Waals surface area contributed by atoms with Crippen molar-refractivity contribution in [2.45, 2.75) is 0 Å². The number of imide groups is 1. The van der Waals surface area contributed by atoms with Crippen LogP contribution in [0.2, 0.25) is 0 Å². The number of carbonyl (C=O) groups excluding carboxylic acids is 2. The van der Waals surface area contributed by atoms with Crippen LogP contribution in [0, 0.1) is 15.3 Å². The predicted octanol–water partition coefficient (Wildman–Crippen LogP) is 1.92. The monoisotopic (exact) mass is 329 g/mol. The SMILES string of the molecule is C[N+](C)([O-])CCN1C(=O)c2cccc3cc([N+](=O)[O-])cc(c23)C1=O. The van der Waals surface area contributed by atoms with Gasteiger partial charge in [0.05, 0.1) is 37.7 Å². The van der Waals surface area contributed by atoms with Gasteiger partial charge in [-0.3, -0.25) is 24.6 Å². The van der Waals surface area contributed by atoms with Gasteiger partial charge in [-0.05, 0) is 11.5 Å². The molecule has 2 amide bonds. The summed E-state index contributed by atoms with van der Waals surface area (Å²) in [7, 11) is 2.83. The van der Waals surface area contributed by atoms with Crippen LogP contribution < -0.4 is 0 Å². The molecule has 2 aromatic rings. The molecule has 0 saturated carbocycles. The van der Waals surface area contributed by atoms with Crippen LogP contribution in [0.5, 0.6) is 0 Å². The molecular formula is C16H15N3O5. The minimum atomic E-state index is -0.650. The lowest BCUT2D eigenvalue weighted by Crippen LogP contribution is -2.47. The van der Waals surface area contributed by atoms with E-state index in [1.165, 1.54) is 26.2 Å². The highest BCUT2D eigenvalue weighted by Crippen LogP contribution is 2.33. The highest BCUT2D eigenvalue weighted by molar-refractivity contribution is 6.25. The number of nitro benzene ring substituents is 1. The number of amides is 2. The summed E-state index contributed by atoms with van der Waals surface area (Å²) in [6.07, 6.45) is 0. The van der Waals surface area contributed by atoms with E-state index in [2.05, 4.69) is 0 Å². The van der Waals surface area contributed by atoms with Gasteiger partial charge in [0.2, 0.25) is 0 Å². The fourth-order valence-electron chi connectivity index (χ4n) is 2.79. The molecule has 0 aliphatic carbocycles. The Labute approximate surface area is 137 Å². The molecule has 24 heavy (non-hydrogen) atoms. The van der Waals surface area contributed by atoms with Crippen molar-refractivity contribution < 1.29 is 19.2 Å². The van der Waals surface area contributed by atoms with E-state index in [-0.39, 0.29) is 24.3 Å². The van der Waals surface area contributed by atoms with E-state index in [9.17, 15) is 24.9 Å². The topological polar surface area (TPSA) is 104 Å². The molecule has 0 fully saturated rings. The highest BCUT2D eigenvalue weighted by atomic mass is 16.6. The van der Waals surface area contributed by atoms with Gasteiger partial charge in [-0.1, -0.05) is 12.1 Å². The van der Waals surface area contributed by atoms with Gasteiger partial charge in [0, 0.05) is 23.1 Å². The van der Waals surface area contributed by atoms with Crippen molar-refractivity contribution in [2.75, 3.05) is 27.2 Å². The third-order valence-corrected chi connectivity index (χ3v) is 3.99. The second kappa shape index (κ2) is 5.36. The second-order valence-corrected chi connectivity index (χ2v) is 6.21. The third kappa shape index (κ3) is 2.61. The minimum absolute atomic E-state index is 0.0394. The smallest absolute Gasteiger partial charge is 0.270 e. The van der Waals surface area contributed by atoms with E-state index < -0.39 is 21.4 Å². The Morgan fingerprint density at radius 2 is 1.79 bits per heavy atom. The summed E-state index contributed by atoms with van der Waals surface area (Å²) in [5, 5.41) is 23.7. The number of likely N-dealkylation sites (N-methyl/N-ethyl adjacent to an activating group) is 1. The number of hydrogen-bond donors (Lipinski definition) is 0. The van der Waals surface area contributed by atoms with Gasteiger partial charge in [0.25, 0.3) is 17.5 Å². The Balaban J connectivity index is 2.15. The van der Waals surface area contributed by atoms with Crippen molar-refractivity contribution in [1.82, 2.24) is 4.90 Å². The maximum Gasteiger partial charge on any atom is 0.270 e. The number of hydrogen-bond acceptors (Lipinski definition) is 5. The Morgan fingerprint density at radius 1 is 1.12 bits per heavy atom. The van der Waals surface area contributed by atoms with E-state index in [0.717, 1.165) is 4.90 Å². The van der Waals surface area contributed by atoms with Crippen LogP contribution in [-0.2, 0) is 0 Å². The van der Waals surface area contributed by atoms with Crippen LogP contribution >= 0.6 is 0 Å². The summed E-state index contributed by atoms with van der Waals surface area (Å²) in [4.78, 5) is 36.8. The van der Waals surface area contributed by atoms with Crippen molar-refractivity contribution >= 4 is 28.3 Å². The first-order valence-electron chi connectivity index (χ1n) is 7.30. The average Bonchev–Trinajstić information content (AvgIpc) is 2.50. The Hall–Kier alpha value is -2.84. The molecule has 3 rings (SSSR count). The Bertz CT molecular complexity index is 885. The third-order valence-electron chi connectivity index (χ3n) is 3.99. The number of hydroxylamine groups is 3. The van der Waals surface area contributed by atoms with Gasteiger partial charge in [-0.2, -0.15) is 0 Å². The van der Waals surface area contributed by atoms with Crippen LogP contribution in [0.25, 0.3) is 10.8 Å². The maximum atomic E-state index is 12.7. The number of nitro groups is 1. The molecular weight excluding hydrogens is 314 g/mol. The van der Waals surface area contributed by atoms with E-state index >= 15 is 0 Å². The lowest BCUT2D eigenvalue weighted by atomic mass is 9.93. The van der Waals surface area contributed by atoms with Crippen molar-refractivity contribution in [3.63, 3.8) is 0 Å². The molecule has 0 radical (unpaired) electrons. The standard InChI is InChI=1S/C16H15N3O5/c1-19(2,24)7-6-17-15(20)12-5-3-4-10-8-11(18(22)23)9-13(14(10)12)16(17)21/h3-5,8-9H,6-7H2,1-2H3. The summed E-state index contributed by atoms with van der Waals surface area (Å²) < 4.78 is -0.650. The molecule has 1 heterocycles.